The van der Waals surface area contributed by atoms with Crippen molar-refractivity contribution in [3.05, 3.63) is 51.6 Å². The molecule has 2 heterocycles. The zero-order valence-corrected chi connectivity index (χ0v) is 15.9. The molecular formula is C18H19N3O2S2. The normalized spacial score (nSPS) is 11.2. The Bertz CT molecular complexity index is 959. The van der Waals surface area contributed by atoms with Crippen LogP contribution >= 0.6 is 23.1 Å². The number of nitrogens with zero attached hydrogens (tertiary/aromatic N) is 2. The molecule has 1 amide bonds. The molecule has 0 aliphatic carbocycles. The molecule has 0 bridgehead atoms. The van der Waals surface area contributed by atoms with Crippen molar-refractivity contribution in [1.82, 2.24) is 9.55 Å². The fourth-order valence-corrected chi connectivity index (χ4v) is 3.85. The molecule has 0 atom stereocenters. The van der Waals surface area contributed by atoms with E-state index in [0.717, 1.165) is 5.69 Å². The molecule has 3 aromatic rings. The number of carbonyl (C=O) groups excluding carboxylic acids is 1. The molecule has 5 nitrogen and oxygen atoms in total. The zero-order valence-electron chi connectivity index (χ0n) is 14.3. The molecule has 1 aromatic carbocycles. The van der Waals surface area contributed by atoms with Gasteiger partial charge in [-0.15, -0.1) is 11.3 Å². The third kappa shape index (κ3) is 3.77. The minimum absolute atomic E-state index is 0.0538. The average molecular weight is 374 g/mol. The van der Waals surface area contributed by atoms with Crippen molar-refractivity contribution in [3.8, 4) is 0 Å². The number of benzene rings is 1. The van der Waals surface area contributed by atoms with Gasteiger partial charge in [-0.25, -0.2) is 4.98 Å². The lowest BCUT2D eigenvalue weighted by atomic mass is 10.0. The van der Waals surface area contributed by atoms with Crippen LogP contribution in [-0.4, -0.2) is 21.7 Å². The van der Waals surface area contributed by atoms with E-state index >= 15 is 0 Å². The number of carbonyl (C=O) groups is 1. The van der Waals surface area contributed by atoms with Crippen LogP contribution in [0.3, 0.4) is 0 Å². The van der Waals surface area contributed by atoms with E-state index in [1.807, 2.05) is 42.0 Å². The number of amides is 1. The molecular weight excluding hydrogens is 354 g/mol. The molecule has 0 unspecified atom stereocenters. The van der Waals surface area contributed by atoms with Gasteiger partial charge in [0.2, 0.25) is 5.91 Å². The van der Waals surface area contributed by atoms with E-state index in [0.29, 0.717) is 21.3 Å². The second-order valence-corrected chi connectivity index (χ2v) is 7.64. The summed E-state index contributed by atoms with van der Waals surface area (Å²) in [6, 6.07) is 9.58. The summed E-state index contributed by atoms with van der Waals surface area (Å²) in [5, 5.41) is 5.22. The van der Waals surface area contributed by atoms with Crippen LogP contribution in [0.2, 0.25) is 0 Å². The first-order chi connectivity index (χ1) is 12.0. The summed E-state index contributed by atoms with van der Waals surface area (Å²) in [5.74, 6) is 0.198. The lowest BCUT2D eigenvalue weighted by Crippen LogP contribution is -2.29. The third-order valence-electron chi connectivity index (χ3n) is 3.88. The van der Waals surface area contributed by atoms with E-state index in [1.54, 1.807) is 0 Å². The molecule has 2 aromatic heterocycles. The average Bonchev–Trinajstić information content (AvgIpc) is 3.06. The van der Waals surface area contributed by atoms with Gasteiger partial charge in [0, 0.05) is 5.69 Å². The number of nitrogens with one attached hydrogen (secondary N) is 1. The molecule has 0 aliphatic heterocycles. The smallest absolute Gasteiger partial charge is 0.272 e. The Hall–Kier alpha value is -2.12. The number of hydrogen-bond acceptors (Lipinski definition) is 5. The second-order valence-electron chi connectivity index (χ2n) is 5.95. The third-order valence-corrected chi connectivity index (χ3v) is 5.44. The van der Waals surface area contributed by atoms with E-state index in [4.69, 9.17) is 0 Å². The second kappa shape index (κ2) is 7.41. The number of thiophene rings is 1. The van der Waals surface area contributed by atoms with Crippen LogP contribution in [0.4, 0.5) is 5.69 Å². The fraction of sp³-hybridized carbons (Fsp3) is 0.278. The highest BCUT2D eigenvalue weighted by molar-refractivity contribution is 7.98. The topological polar surface area (TPSA) is 64.0 Å². The van der Waals surface area contributed by atoms with Crippen LogP contribution in [0.1, 0.15) is 25.3 Å². The lowest BCUT2D eigenvalue weighted by Gasteiger charge is -2.11. The van der Waals surface area contributed by atoms with Gasteiger partial charge in [0.05, 0.1) is 5.52 Å². The Balaban J connectivity index is 1.82. The maximum Gasteiger partial charge on any atom is 0.272 e. The quantitative estimate of drug-likeness (QED) is 0.543. The highest BCUT2D eigenvalue weighted by atomic mass is 32.2. The van der Waals surface area contributed by atoms with Crippen molar-refractivity contribution >= 4 is 44.9 Å². The van der Waals surface area contributed by atoms with Gasteiger partial charge in [0.1, 0.15) is 11.2 Å². The van der Waals surface area contributed by atoms with Gasteiger partial charge in [-0.05, 0) is 41.3 Å². The maximum atomic E-state index is 12.6. The molecule has 1 N–H and O–H groups in total. The zero-order chi connectivity index (χ0) is 18.0. The Morgan fingerprint density at radius 3 is 2.64 bits per heavy atom. The Morgan fingerprint density at radius 1 is 1.28 bits per heavy atom. The van der Waals surface area contributed by atoms with E-state index in [-0.39, 0.29) is 18.0 Å². The van der Waals surface area contributed by atoms with Gasteiger partial charge in [-0.2, -0.15) is 0 Å². The summed E-state index contributed by atoms with van der Waals surface area (Å²) in [4.78, 5) is 29.5. The van der Waals surface area contributed by atoms with Crippen LogP contribution in [0.15, 0.2) is 45.7 Å². The Kier molecular flexibility index (Phi) is 5.24. The van der Waals surface area contributed by atoms with Gasteiger partial charge in [0.25, 0.3) is 5.56 Å². The predicted molar refractivity (Wildman–Crippen MR) is 105 cm³/mol. The van der Waals surface area contributed by atoms with Crippen LogP contribution in [0.5, 0.6) is 0 Å². The van der Waals surface area contributed by atoms with Crippen molar-refractivity contribution in [3.63, 3.8) is 0 Å². The van der Waals surface area contributed by atoms with Crippen LogP contribution < -0.4 is 10.9 Å². The molecule has 0 spiro atoms. The lowest BCUT2D eigenvalue weighted by molar-refractivity contribution is -0.116. The van der Waals surface area contributed by atoms with Crippen LogP contribution in [0.25, 0.3) is 10.2 Å². The van der Waals surface area contributed by atoms with Gasteiger partial charge >= 0.3 is 0 Å². The largest absolute Gasteiger partial charge is 0.325 e. The molecule has 3 rings (SSSR count). The molecule has 0 saturated heterocycles. The van der Waals surface area contributed by atoms with Crippen molar-refractivity contribution in [1.29, 1.82) is 0 Å². The number of fused-ring (bicyclic) bond motifs is 1. The van der Waals surface area contributed by atoms with Gasteiger partial charge < -0.3 is 5.32 Å². The highest BCUT2D eigenvalue weighted by Gasteiger charge is 2.14. The van der Waals surface area contributed by atoms with Crippen molar-refractivity contribution in [2.24, 2.45) is 0 Å². The summed E-state index contributed by atoms with van der Waals surface area (Å²) < 4.78 is 2.01. The Labute approximate surface area is 154 Å². The standard InChI is InChI=1S/C18H19N3O2S2/c1-11(2)12-4-6-13(7-5-12)19-15(22)10-21-17(23)16-14(8-9-25-16)20-18(21)24-3/h4-9,11H,10H2,1-3H3,(H,19,22). The van der Waals surface area contributed by atoms with E-state index in [9.17, 15) is 9.59 Å². The van der Waals surface area contributed by atoms with Gasteiger partial charge in [-0.3, -0.25) is 14.2 Å². The summed E-state index contributed by atoms with van der Waals surface area (Å²) in [6.07, 6.45) is 1.85. The minimum Gasteiger partial charge on any atom is -0.325 e. The highest BCUT2D eigenvalue weighted by Crippen LogP contribution is 2.20. The predicted octanol–water partition coefficient (Wildman–Crippen LogP) is 3.94. The molecule has 0 radical (unpaired) electrons. The molecule has 25 heavy (non-hydrogen) atoms. The van der Waals surface area contributed by atoms with Crippen molar-refractivity contribution in [2.75, 3.05) is 11.6 Å². The van der Waals surface area contributed by atoms with E-state index in [1.165, 1.54) is 33.2 Å². The maximum absolute atomic E-state index is 12.6. The van der Waals surface area contributed by atoms with E-state index < -0.39 is 0 Å². The molecule has 7 heteroatoms. The molecule has 0 fully saturated rings. The minimum atomic E-state index is -0.243. The van der Waals surface area contributed by atoms with Crippen molar-refractivity contribution < 1.29 is 4.79 Å². The molecule has 0 saturated carbocycles. The number of anilines is 1. The number of rotatable bonds is 5. The number of thioether (sulfide) groups is 1. The van der Waals surface area contributed by atoms with Crippen LogP contribution in [0, 0.1) is 0 Å². The van der Waals surface area contributed by atoms with Gasteiger partial charge in [0.15, 0.2) is 5.16 Å². The summed E-state index contributed by atoms with van der Waals surface area (Å²) >= 11 is 2.70. The van der Waals surface area contributed by atoms with Crippen molar-refractivity contribution in [2.45, 2.75) is 31.5 Å². The number of aromatic nitrogens is 2. The summed E-state index contributed by atoms with van der Waals surface area (Å²) in [6.45, 7) is 4.19. The molecule has 130 valence electrons. The first-order valence-electron chi connectivity index (χ1n) is 7.91. The molecule has 0 aliphatic rings. The SMILES string of the molecule is CSc1nc2ccsc2c(=O)n1CC(=O)Nc1ccc(C(C)C)cc1. The fourth-order valence-electron chi connectivity index (χ4n) is 2.51. The van der Waals surface area contributed by atoms with E-state index in [2.05, 4.69) is 24.1 Å². The first kappa shape index (κ1) is 17.7. The van der Waals surface area contributed by atoms with Gasteiger partial charge in [-0.1, -0.05) is 37.7 Å². The monoisotopic (exact) mass is 373 g/mol. The first-order valence-corrected chi connectivity index (χ1v) is 10.0. The number of hydrogen-bond donors (Lipinski definition) is 1. The van der Waals surface area contributed by atoms with Crippen LogP contribution in [-0.2, 0) is 11.3 Å². The summed E-state index contributed by atoms with van der Waals surface area (Å²) in [5.41, 5.74) is 2.44. The summed E-state index contributed by atoms with van der Waals surface area (Å²) in [7, 11) is 0. The Morgan fingerprint density at radius 2 is 2.00 bits per heavy atom.